The number of piperazine rings is 1. The molecule has 6 rings (SSSR count). The van der Waals surface area contributed by atoms with Gasteiger partial charge in [0.1, 0.15) is 23.1 Å². The van der Waals surface area contributed by atoms with Crippen LogP contribution in [0.5, 0.6) is 0 Å². The monoisotopic (exact) mass is 530 g/mol. The van der Waals surface area contributed by atoms with E-state index in [-0.39, 0.29) is 11.1 Å². The zero-order valence-electron chi connectivity index (χ0n) is 22.3. The van der Waals surface area contributed by atoms with Crippen molar-refractivity contribution < 1.29 is 9.50 Å². The Labute approximate surface area is 224 Å². The zero-order valence-corrected chi connectivity index (χ0v) is 22.3. The number of likely N-dealkylation sites (N-methyl/N-ethyl adjacent to an activating group) is 1. The second-order valence-electron chi connectivity index (χ2n) is 11.1. The maximum Gasteiger partial charge on any atom is 0.161 e. The molecule has 0 bridgehead atoms. The molecule has 1 unspecified atom stereocenters. The number of nitrogens with one attached hydrogen (secondary N) is 3. The van der Waals surface area contributed by atoms with Crippen molar-refractivity contribution in [1.29, 1.82) is 0 Å². The fourth-order valence-electron chi connectivity index (χ4n) is 4.68. The first kappa shape index (κ1) is 25.1. The standard InChI is InChI=1S/C27H31FN10O/c1-27(2,3)26(39)32-16-9-15(10-29-11-16)22-21(28)20-17(13-31-22)35-36-24(20)25-33-18-12-30-14-19(23(18)34-25)38-7-5-37(4)6-8-38/h9-14,26,32,39H,5-8H2,1-4H3,(H,33,34)(H,35,36). The Morgan fingerprint density at radius 1 is 1.00 bits per heavy atom. The third-order valence-electron chi connectivity index (χ3n) is 7.12. The Morgan fingerprint density at radius 3 is 2.54 bits per heavy atom. The summed E-state index contributed by atoms with van der Waals surface area (Å²) in [5, 5.41) is 21.0. The molecule has 0 saturated carbocycles. The number of hydrogen-bond donors (Lipinski definition) is 4. The van der Waals surface area contributed by atoms with Gasteiger partial charge >= 0.3 is 0 Å². The van der Waals surface area contributed by atoms with E-state index >= 15 is 4.39 Å². The number of aliphatic hydroxyl groups excluding tert-OH is 1. The van der Waals surface area contributed by atoms with Crippen LogP contribution in [0.3, 0.4) is 0 Å². The number of nitrogens with zero attached hydrogens (tertiary/aromatic N) is 7. The second-order valence-corrected chi connectivity index (χ2v) is 11.1. The lowest BCUT2D eigenvalue weighted by molar-refractivity contribution is 0.0880. The van der Waals surface area contributed by atoms with Gasteiger partial charge in [0.05, 0.1) is 52.6 Å². The van der Waals surface area contributed by atoms with Gasteiger partial charge < -0.3 is 25.2 Å². The zero-order chi connectivity index (χ0) is 27.3. The van der Waals surface area contributed by atoms with Gasteiger partial charge in [0.15, 0.2) is 11.6 Å². The molecule has 6 heterocycles. The number of anilines is 2. The van der Waals surface area contributed by atoms with Crippen LogP contribution in [0.1, 0.15) is 20.8 Å². The smallest absolute Gasteiger partial charge is 0.161 e. The lowest BCUT2D eigenvalue weighted by Crippen LogP contribution is -2.44. The lowest BCUT2D eigenvalue weighted by atomic mass is 9.94. The van der Waals surface area contributed by atoms with Crippen molar-refractivity contribution in [3.05, 3.63) is 42.9 Å². The molecule has 0 amide bonds. The number of fused-ring (bicyclic) bond motifs is 2. The van der Waals surface area contributed by atoms with Gasteiger partial charge in [-0.1, -0.05) is 20.8 Å². The molecule has 5 aromatic heterocycles. The summed E-state index contributed by atoms with van der Waals surface area (Å²) in [5.41, 5.74) is 4.05. The average Bonchev–Trinajstić information content (AvgIpc) is 3.54. The summed E-state index contributed by atoms with van der Waals surface area (Å²) in [4.78, 5) is 25.7. The molecular formula is C27H31FN10O. The Hall–Kier alpha value is -4.16. The third-order valence-corrected chi connectivity index (χ3v) is 7.12. The normalized spacial score (nSPS) is 15.8. The molecule has 0 aliphatic carbocycles. The van der Waals surface area contributed by atoms with Crippen LogP contribution in [0, 0.1) is 11.2 Å². The summed E-state index contributed by atoms with van der Waals surface area (Å²) in [5.74, 6) is -0.0954. The second kappa shape index (κ2) is 9.54. The van der Waals surface area contributed by atoms with Crippen molar-refractivity contribution >= 4 is 33.3 Å². The molecular weight excluding hydrogens is 499 g/mol. The largest absolute Gasteiger partial charge is 0.373 e. The quantitative estimate of drug-likeness (QED) is 0.251. The van der Waals surface area contributed by atoms with E-state index in [9.17, 15) is 5.11 Å². The summed E-state index contributed by atoms with van der Waals surface area (Å²) in [6, 6.07) is 1.72. The van der Waals surface area contributed by atoms with Crippen LogP contribution >= 0.6 is 0 Å². The number of hydrogen-bond acceptors (Lipinski definition) is 9. The summed E-state index contributed by atoms with van der Waals surface area (Å²) >= 11 is 0. The van der Waals surface area contributed by atoms with E-state index in [0.717, 1.165) is 42.9 Å². The first-order valence-electron chi connectivity index (χ1n) is 12.9. The highest BCUT2D eigenvalue weighted by atomic mass is 19.1. The summed E-state index contributed by atoms with van der Waals surface area (Å²) < 4.78 is 16.1. The van der Waals surface area contributed by atoms with Crippen molar-refractivity contribution in [3.63, 3.8) is 0 Å². The molecule has 202 valence electrons. The molecule has 1 aliphatic rings. The van der Waals surface area contributed by atoms with Crippen molar-refractivity contribution in [2.24, 2.45) is 5.41 Å². The van der Waals surface area contributed by atoms with Gasteiger partial charge in [-0.05, 0) is 13.1 Å². The maximum atomic E-state index is 16.1. The van der Waals surface area contributed by atoms with Crippen LogP contribution in [0.25, 0.3) is 44.7 Å². The number of aromatic amines is 2. The molecule has 1 aliphatic heterocycles. The molecule has 39 heavy (non-hydrogen) atoms. The summed E-state index contributed by atoms with van der Waals surface area (Å²) in [7, 11) is 2.11. The van der Waals surface area contributed by atoms with Crippen LogP contribution in [-0.4, -0.2) is 84.6 Å². The minimum atomic E-state index is -0.811. The van der Waals surface area contributed by atoms with Gasteiger partial charge in [0.25, 0.3) is 0 Å². The van der Waals surface area contributed by atoms with Gasteiger partial charge in [0, 0.05) is 43.4 Å². The van der Waals surface area contributed by atoms with Crippen LogP contribution in [0.15, 0.2) is 37.1 Å². The van der Waals surface area contributed by atoms with Crippen LogP contribution in [-0.2, 0) is 0 Å². The van der Waals surface area contributed by atoms with Gasteiger partial charge in [-0.3, -0.25) is 20.1 Å². The minimum Gasteiger partial charge on any atom is -0.373 e. The van der Waals surface area contributed by atoms with E-state index in [1.165, 1.54) is 0 Å². The van der Waals surface area contributed by atoms with E-state index in [1.54, 1.807) is 30.9 Å². The van der Waals surface area contributed by atoms with Crippen LogP contribution in [0.4, 0.5) is 15.8 Å². The molecule has 1 fully saturated rings. The number of aliphatic hydroxyl groups is 1. The average molecular weight is 531 g/mol. The predicted molar refractivity (Wildman–Crippen MR) is 149 cm³/mol. The molecule has 12 heteroatoms. The molecule has 0 spiro atoms. The van der Waals surface area contributed by atoms with Gasteiger partial charge in [0.2, 0.25) is 0 Å². The number of pyridine rings is 3. The topological polar surface area (TPSA) is 135 Å². The highest BCUT2D eigenvalue weighted by Gasteiger charge is 2.24. The maximum absolute atomic E-state index is 16.1. The Morgan fingerprint density at radius 2 is 1.77 bits per heavy atom. The van der Waals surface area contributed by atoms with Gasteiger partial charge in [-0.2, -0.15) is 5.10 Å². The number of aromatic nitrogens is 7. The molecule has 1 atom stereocenters. The van der Waals surface area contributed by atoms with Gasteiger partial charge in [-0.15, -0.1) is 0 Å². The lowest BCUT2D eigenvalue weighted by Gasteiger charge is -2.33. The number of imidazole rings is 1. The molecule has 1 saturated heterocycles. The predicted octanol–water partition coefficient (Wildman–Crippen LogP) is 3.63. The van der Waals surface area contributed by atoms with E-state index in [4.69, 9.17) is 4.98 Å². The summed E-state index contributed by atoms with van der Waals surface area (Å²) in [6.45, 7) is 9.42. The summed E-state index contributed by atoms with van der Waals surface area (Å²) in [6.07, 6.45) is 7.41. The van der Waals surface area contributed by atoms with E-state index < -0.39 is 17.5 Å². The highest BCUT2D eigenvalue weighted by molar-refractivity contribution is 5.97. The van der Waals surface area contributed by atoms with Crippen LogP contribution < -0.4 is 10.2 Å². The molecule has 4 N–H and O–H groups in total. The molecule has 5 aromatic rings. The number of halogens is 1. The van der Waals surface area contributed by atoms with Crippen molar-refractivity contribution in [1.82, 2.24) is 40.0 Å². The van der Waals surface area contributed by atoms with E-state index in [1.807, 2.05) is 27.0 Å². The molecule has 0 radical (unpaired) electrons. The Kier molecular flexibility index (Phi) is 6.15. The third kappa shape index (κ3) is 4.66. The SMILES string of the molecule is CN1CCN(c2cncc3[nH]c(-c4n[nH]c5cnc(-c6cncc(NC(O)C(C)(C)C)c6)c(F)c45)nc23)CC1. The molecule has 0 aromatic carbocycles. The Bertz CT molecular complexity index is 1650. The highest BCUT2D eigenvalue weighted by Crippen LogP contribution is 2.34. The van der Waals surface area contributed by atoms with E-state index in [2.05, 4.69) is 52.3 Å². The van der Waals surface area contributed by atoms with Crippen molar-refractivity contribution in [3.8, 4) is 22.8 Å². The van der Waals surface area contributed by atoms with E-state index in [0.29, 0.717) is 28.3 Å². The first-order valence-corrected chi connectivity index (χ1v) is 12.9. The van der Waals surface area contributed by atoms with Crippen LogP contribution in [0.2, 0.25) is 0 Å². The van der Waals surface area contributed by atoms with Crippen molar-refractivity contribution in [2.45, 2.75) is 27.0 Å². The first-order chi connectivity index (χ1) is 18.7. The fraction of sp³-hybridized carbons (Fsp3) is 0.370. The minimum absolute atomic E-state index is 0.127. The Balaban J connectivity index is 1.39. The number of rotatable bonds is 5. The number of H-pyrrole nitrogens is 2. The van der Waals surface area contributed by atoms with Gasteiger partial charge in [-0.25, -0.2) is 9.37 Å². The molecule has 11 nitrogen and oxygen atoms in total. The fourth-order valence-corrected chi connectivity index (χ4v) is 4.68. The van der Waals surface area contributed by atoms with Crippen molar-refractivity contribution in [2.75, 3.05) is 43.4 Å².